The van der Waals surface area contributed by atoms with Gasteiger partial charge in [-0.2, -0.15) is 8.42 Å². The van der Waals surface area contributed by atoms with Crippen molar-refractivity contribution < 1.29 is 29.7 Å². The molecule has 1 heterocycles. The molecule has 5 nitrogen and oxygen atoms in total. The average Bonchev–Trinajstić information content (AvgIpc) is 1.94. The molecular formula is C7H11ClN2O3S. The maximum absolute atomic E-state index is 10.7. The number of halogens is 1. The maximum atomic E-state index is 10.7. The van der Waals surface area contributed by atoms with E-state index in [1.807, 2.05) is 0 Å². The molecular weight excluding hydrogens is 228 g/mol. The van der Waals surface area contributed by atoms with Crippen LogP contribution in [-0.4, -0.2) is 14.7 Å². The first kappa shape index (κ1) is 13.0. The van der Waals surface area contributed by atoms with Crippen molar-refractivity contribution in [3.63, 3.8) is 0 Å². The van der Waals surface area contributed by atoms with E-state index in [4.69, 9.17) is 5.84 Å². The lowest BCUT2D eigenvalue weighted by atomic mass is 10.3. The van der Waals surface area contributed by atoms with Crippen molar-refractivity contribution in [2.75, 3.05) is 12.1 Å². The Balaban J connectivity index is 0.00000169. The molecule has 0 unspecified atom stereocenters. The van der Waals surface area contributed by atoms with Crippen LogP contribution in [0.25, 0.3) is 0 Å². The molecule has 0 bridgehead atoms. The summed E-state index contributed by atoms with van der Waals surface area (Å²) in [6.07, 6.45) is 2.52. The van der Waals surface area contributed by atoms with E-state index in [-0.39, 0.29) is 18.2 Å². The Morgan fingerprint density at radius 1 is 1.50 bits per heavy atom. The van der Waals surface area contributed by atoms with Gasteiger partial charge in [0.15, 0.2) is 5.75 Å². The molecule has 0 aromatic carbocycles. The van der Waals surface area contributed by atoms with Gasteiger partial charge in [-0.25, -0.2) is 5.84 Å². The molecule has 7 heteroatoms. The first-order chi connectivity index (χ1) is 5.88. The monoisotopic (exact) mass is 238 g/mol. The van der Waals surface area contributed by atoms with Gasteiger partial charge in [0.25, 0.3) is 0 Å². The lowest BCUT2D eigenvalue weighted by Crippen LogP contribution is -3.00. The highest BCUT2D eigenvalue weighted by molar-refractivity contribution is 7.86. The van der Waals surface area contributed by atoms with Crippen LogP contribution in [0.3, 0.4) is 0 Å². The average molecular weight is 239 g/mol. The van der Waals surface area contributed by atoms with Gasteiger partial charge in [-0.3, -0.25) is 0 Å². The van der Waals surface area contributed by atoms with Gasteiger partial charge >= 0.3 is 10.1 Å². The summed E-state index contributed by atoms with van der Waals surface area (Å²) in [4.78, 5) is 0. The van der Waals surface area contributed by atoms with E-state index in [0.29, 0.717) is 5.69 Å². The van der Waals surface area contributed by atoms with E-state index in [1.165, 1.54) is 16.9 Å². The van der Waals surface area contributed by atoms with E-state index < -0.39 is 10.1 Å². The zero-order valence-electron chi connectivity index (χ0n) is 7.77. The van der Waals surface area contributed by atoms with Gasteiger partial charge in [0.05, 0.1) is 12.3 Å². The molecule has 0 saturated heterocycles. The van der Waals surface area contributed by atoms with Crippen molar-refractivity contribution >= 4 is 10.1 Å². The first-order valence-electron chi connectivity index (χ1n) is 3.55. The molecule has 0 aliphatic rings. The number of rotatable bonds is 2. The van der Waals surface area contributed by atoms with Crippen LogP contribution in [0, 0.1) is 6.92 Å². The third-order valence-electron chi connectivity index (χ3n) is 1.41. The first-order valence-corrected chi connectivity index (χ1v) is 5.37. The van der Waals surface area contributed by atoms with Crippen molar-refractivity contribution in [1.29, 1.82) is 0 Å². The third-order valence-corrected chi connectivity index (χ3v) is 1.90. The minimum Gasteiger partial charge on any atom is -1.00 e. The van der Waals surface area contributed by atoms with Crippen LogP contribution >= 0.6 is 0 Å². The quantitative estimate of drug-likeness (QED) is 0.328. The molecule has 1 aromatic rings. The molecule has 2 N–H and O–H groups in total. The number of hydrogen-bond donors (Lipinski definition) is 1. The second-order valence-corrected chi connectivity index (χ2v) is 4.27. The number of nitrogens with zero attached hydrogens (tertiary/aromatic N) is 1. The summed E-state index contributed by atoms with van der Waals surface area (Å²) < 4.78 is 27.5. The summed E-state index contributed by atoms with van der Waals surface area (Å²) in [5.41, 5.74) is 0.709. The fraction of sp³-hybridized carbons (Fsp3) is 0.286. The summed E-state index contributed by atoms with van der Waals surface area (Å²) in [6.45, 7) is 1.75. The van der Waals surface area contributed by atoms with Crippen LogP contribution < -0.4 is 27.1 Å². The summed E-state index contributed by atoms with van der Waals surface area (Å²) in [6, 6.07) is 3.02. The van der Waals surface area contributed by atoms with E-state index >= 15 is 0 Å². The molecule has 0 fully saturated rings. The topological polar surface area (TPSA) is 73.3 Å². The SMILES string of the molecule is Cc1cc(OS(C)(=O)=O)cc[n+]1N.[Cl-]. The smallest absolute Gasteiger partial charge is 0.306 e. The Bertz CT molecular complexity index is 419. The Hall–Kier alpha value is -1.01. The predicted octanol–water partition coefficient (Wildman–Crippen LogP) is -3.66. The van der Waals surface area contributed by atoms with Crippen LogP contribution in [-0.2, 0) is 10.1 Å². The second-order valence-electron chi connectivity index (χ2n) is 2.70. The van der Waals surface area contributed by atoms with Crippen LogP contribution in [0.15, 0.2) is 18.3 Å². The lowest BCUT2D eigenvalue weighted by Gasteiger charge is -2.01. The highest BCUT2D eigenvalue weighted by Gasteiger charge is 2.08. The Morgan fingerprint density at radius 2 is 2.07 bits per heavy atom. The van der Waals surface area contributed by atoms with Crippen molar-refractivity contribution in [1.82, 2.24) is 0 Å². The molecule has 80 valence electrons. The Labute approximate surface area is 89.0 Å². The zero-order valence-corrected chi connectivity index (χ0v) is 9.34. The number of hydrogen-bond acceptors (Lipinski definition) is 4. The molecule has 1 rings (SSSR count). The van der Waals surface area contributed by atoms with Crippen LogP contribution in [0.5, 0.6) is 5.75 Å². The van der Waals surface area contributed by atoms with Gasteiger partial charge in [-0.05, 0) is 0 Å². The highest BCUT2D eigenvalue weighted by Crippen LogP contribution is 2.10. The minimum absolute atomic E-state index is 0. The van der Waals surface area contributed by atoms with E-state index in [0.717, 1.165) is 6.26 Å². The maximum Gasteiger partial charge on any atom is 0.306 e. The van der Waals surface area contributed by atoms with E-state index in [9.17, 15) is 8.42 Å². The zero-order chi connectivity index (χ0) is 10.1. The largest absolute Gasteiger partial charge is 1.00 e. The van der Waals surface area contributed by atoms with Gasteiger partial charge in [0.2, 0.25) is 11.9 Å². The van der Waals surface area contributed by atoms with E-state index in [1.54, 1.807) is 13.0 Å². The van der Waals surface area contributed by atoms with Crippen LogP contribution in [0.4, 0.5) is 0 Å². The molecule has 0 amide bonds. The van der Waals surface area contributed by atoms with Crippen LogP contribution in [0.2, 0.25) is 0 Å². The molecule has 0 atom stereocenters. The minimum atomic E-state index is -3.46. The highest BCUT2D eigenvalue weighted by atomic mass is 35.5. The summed E-state index contributed by atoms with van der Waals surface area (Å²) in [5, 5.41) is 0. The lowest BCUT2D eigenvalue weighted by molar-refractivity contribution is -0.645. The van der Waals surface area contributed by atoms with Crippen molar-refractivity contribution in [3.8, 4) is 5.75 Å². The fourth-order valence-corrected chi connectivity index (χ4v) is 1.28. The molecule has 0 aliphatic heterocycles. The van der Waals surface area contributed by atoms with Gasteiger partial charge in [0.1, 0.15) is 0 Å². The fourth-order valence-electron chi connectivity index (χ4n) is 0.826. The second kappa shape index (κ2) is 4.47. The number of aryl methyl sites for hydroxylation is 1. The molecule has 0 spiro atoms. The normalized spacial score (nSPS) is 10.4. The number of aromatic nitrogens is 1. The van der Waals surface area contributed by atoms with Crippen molar-refractivity contribution in [2.45, 2.75) is 6.92 Å². The standard InChI is InChI=1S/C7H11N2O3S.ClH/c1-6-5-7(3-4-9(6)8)12-13(2,10)11;/h3-5H,8H2,1-2H3;1H/q+1;/p-1. The van der Waals surface area contributed by atoms with Gasteiger partial charge < -0.3 is 16.6 Å². The van der Waals surface area contributed by atoms with Gasteiger partial charge in [-0.15, -0.1) is 0 Å². The molecule has 0 radical (unpaired) electrons. The molecule has 0 saturated carbocycles. The summed E-state index contributed by atoms with van der Waals surface area (Å²) >= 11 is 0. The Morgan fingerprint density at radius 3 is 2.50 bits per heavy atom. The molecule has 14 heavy (non-hydrogen) atoms. The summed E-state index contributed by atoms with van der Waals surface area (Å²) in [7, 11) is -3.46. The molecule has 0 aliphatic carbocycles. The van der Waals surface area contributed by atoms with Crippen molar-refractivity contribution in [3.05, 3.63) is 24.0 Å². The van der Waals surface area contributed by atoms with E-state index in [2.05, 4.69) is 4.18 Å². The van der Waals surface area contributed by atoms with Crippen LogP contribution in [0.1, 0.15) is 5.69 Å². The number of nitrogen functional groups attached to an aromatic ring is 1. The number of pyridine rings is 1. The summed E-state index contributed by atoms with van der Waals surface area (Å²) in [5.74, 6) is 5.73. The predicted molar refractivity (Wildman–Crippen MR) is 47.0 cm³/mol. The Kier molecular flexibility index (Phi) is 4.15. The van der Waals surface area contributed by atoms with Crippen molar-refractivity contribution in [2.24, 2.45) is 0 Å². The van der Waals surface area contributed by atoms with Gasteiger partial charge in [0, 0.05) is 13.0 Å². The number of nitrogens with two attached hydrogens (primary N) is 1. The molecule has 1 aromatic heterocycles. The van der Waals surface area contributed by atoms with Gasteiger partial charge in [-0.1, -0.05) is 4.68 Å². The third kappa shape index (κ3) is 3.80.